The molecule has 0 saturated carbocycles. The normalized spacial score (nSPS) is 12.5. The summed E-state index contributed by atoms with van der Waals surface area (Å²) >= 11 is 0. The van der Waals surface area contributed by atoms with Crippen molar-refractivity contribution in [2.45, 2.75) is 52.6 Å². The fourth-order valence-electron chi connectivity index (χ4n) is 1.95. The third-order valence-corrected chi connectivity index (χ3v) is 3.93. The van der Waals surface area contributed by atoms with E-state index in [0.717, 1.165) is 12.8 Å². The largest absolute Gasteiger partial charge is 0.397 e. The fourth-order valence-corrected chi connectivity index (χ4v) is 1.95. The number of anilines is 4. The molecule has 24 heavy (non-hydrogen) atoms. The van der Waals surface area contributed by atoms with Crippen molar-refractivity contribution in [1.29, 1.82) is 0 Å². The summed E-state index contributed by atoms with van der Waals surface area (Å²) in [4.78, 5) is 0. The van der Waals surface area contributed by atoms with Gasteiger partial charge in [-0.25, -0.2) is 0 Å². The van der Waals surface area contributed by atoms with Gasteiger partial charge >= 0.3 is 0 Å². The van der Waals surface area contributed by atoms with Gasteiger partial charge in [0.25, 0.3) is 0 Å². The van der Waals surface area contributed by atoms with E-state index in [0.29, 0.717) is 23.5 Å². The van der Waals surface area contributed by atoms with Crippen molar-refractivity contribution in [2.75, 3.05) is 22.1 Å². The maximum Gasteiger partial charge on any atom is 0.0547 e. The van der Waals surface area contributed by atoms with Gasteiger partial charge in [-0.05, 0) is 63.1 Å². The molecular weight excluding hydrogens is 296 g/mol. The minimum atomic E-state index is 0.536. The van der Waals surface area contributed by atoms with Crippen LogP contribution in [0.1, 0.15) is 40.5 Å². The summed E-state index contributed by atoms with van der Waals surface area (Å²) < 4.78 is 0. The molecular formula is C20H32N4. The van der Waals surface area contributed by atoms with Gasteiger partial charge in [-0.1, -0.05) is 26.0 Å². The molecule has 0 aliphatic carbocycles. The Hall–Kier alpha value is -2.36. The molecule has 0 spiro atoms. The van der Waals surface area contributed by atoms with E-state index in [4.69, 9.17) is 11.5 Å². The minimum Gasteiger partial charge on any atom is -0.397 e. The van der Waals surface area contributed by atoms with E-state index < -0.39 is 0 Å². The van der Waals surface area contributed by atoms with Crippen molar-refractivity contribution in [2.24, 2.45) is 0 Å². The SMILES string of the molecule is CCC(C)Nc1ccc(NC(C)CC)cc1.Nc1ccccc1N. The van der Waals surface area contributed by atoms with Gasteiger partial charge in [0, 0.05) is 23.5 Å². The molecule has 2 aromatic rings. The molecule has 0 bridgehead atoms. The summed E-state index contributed by atoms with van der Waals surface area (Å²) in [5.41, 5.74) is 14.5. The molecule has 0 aliphatic heterocycles. The van der Waals surface area contributed by atoms with Crippen LogP contribution >= 0.6 is 0 Å². The van der Waals surface area contributed by atoms with Crippen molar-refractivity contribution in [3.05, 3.63) is 48.5 Å². The van der Waals surface area contributed by atoms with Crippen molar-refractivity contribution < 1.29 is 0 Å². The maximum absolute atomic E-state index is 5.39. The number of rotatable bonds is 6. The zero-order valence-corrected chi connectivity index (χ0v) is 15.3. The number of nitrogen functional groups attached to an aromatic ring is 2. The Kier molecular flexibility index (Phi) is 8.55. The van der Waals surface area contributed by atoms with Crippen LogP contribution < -0.4 is 22.1 Å². The molecule has 132 valence electrons. The highest BCUT2D eigenvalue weighted by Crippen LogP contribution is 2.16. The van der Waals surface area contributed by atoms with Crippen LogP contribution in [0.5, 0.6) is 0 Å². The van der Waals surface area contributed by atoms with E-state index in [1.54, 1.807) is 12.1 Å². The summed E-state index contributed by atoms with van der Waals surface area (Å²) in [6, 6.07) is 16.9. The van der Waals surface area contributed by atoms with Crippen LogP contribution in [0.2, 0.25) is 0 Å². The number of hydrogen-bond donors (Lipinski definition) is 4. The first-order valence-electron chi connectivity index (χ1n) is 8.69. The molecule has 0 aromatic heterocycles. The van der Waals surface area contributed by atoms with E-state index in [9.17, 15) is 0 Å². The van der Waals surface area contributed by atoms with Gasteiger partial charge in [-0.3, -0.25) is 0 Å². The molecule has 0 aliphatic rings. The maximum atomic E-state index is 5.39. The van der Waals surface area contributed by atoms with E-state index in [1.165, 1.54) is 11.4 Å². The Labute approximate surface area is 146 Å². The van der Waals surface area contributed by atoms with Gasteiger partial charge < -0.3 is 22.1 Å². The summed E-state index contributed by atoms with van der Waals surface area (Å²) in [6.07, 6.45) is 2.29. The van der Waals surface area contributed by atoms with Crippen molar-refractivity contribution >= 4 is 22.7 Å². The lowest BCUT2D eigenvalue weighted by molar-refractivity contribution is 0.761. The van der Waals surface area contributed by atoms with Crippen LogP contribution in [0.4, 0.5) is 22.7 Å². The first-order valence-corrected chi connectivity index (χ1v) is 8.69. The highest BCUT2D eigenvalue weighted by Gasteiger charge is 2.00. The van der Waals surface area contributed by atoms with Gasteiger partial charge in [-0.2, -0.15) is 0 Å². The first-order chi connectivity index (χ1) is 11.5. The zero-order valence-electron chi connectivity index (χ0n) is 15.3. The molecule has 4 nitrogen and oxygen atoms in total. The van der Waals surface area contributed by atoms with E-state index in [2.05, 4.69) is 62.6 Å². The molecule has 0 heterocycles. The Bertz CT molecular complexity index is 528. The van der Waals surface area contributed by atoms with E-state index in [1.807, 2.05) is 12.1 Å². The van der Waals surface area contributed by atoms with Crippen molar-refractivity contribution in [3.8, 4) is 0 Å². The summed E-state index contributed by atoms with van der Waals surface area (Å²) in [7, 11) is 0. The Morgan fingerprint density at radius 3 is 1.29 bits per heavy atom. The summed E-state index contributed by atoms with van der Waals surface area (Å²) in [5.74, 6) is 0. The predicted octanol–water partition coefficient (Wildman–Crippen LogP) is 4.96. The minimum absolute atomic E-state index is 0.536. The topological polar surface area (TPSA) is 76.1 Å². The second kappa shape index (κ2) is 10.4. The number of nitrogens with one attached hydrogen (secondary N) is 2. The van der Waals surface area contributed by atoms with Gasteiger partial charge in [0.15, 0.2) is 0 Å². The third-order valence-electron chi connectivity index (χ3n) is 3.93. The average Bonchev–Trinajstić information content (AvgIpc) is 2.59. The zero-order chi connectivity index (χ0) is 17.9. The van der Waals surface area contributed by atoms with Crippen LogP contribution in [-0.4, -0.2) is 12.1 Å². The smallest absolute Gasteiger partial charge is 0.0547 e. The second-order valence-corrected chi connectivity index (χ2v) is 6.11. The number of hydrogen-bond acceptors (Lipinski definition) is 4. The molecule has 0 saturated heterocycles. The second-order valence-electron chi connectivity index (χ2n) is 6.11. The third kappa shape index (κ3) is 7.27. The van der Waals surface area contributed by atoms with Crippen LogP contribution in [0.15, 0.2) is 48.5 Å². The standard InChI is InChI=1S/C14H24N2.C6H8N2/c1-5-11(3)15-13-7-9-14(10-8-13)16-12(4)6-2;7-5-3-1-2-4-6(5)8/h7-12,15-16H,5-6H2,1-4H3;1-4H,7-8H2. The van der Waals surface area contributed by atoms with E-state index in [-0.39, 0.29) is 0 Å². The number of benzene rings is 2. The lowest BCUT2D eigenvalue weighted by Gasteiger charge is -2.15. The molecule has 0 amide bonds. The monoisotopic (exact) mass is 328 g/mol. The van der Waals surface area contributed by atoms with Crippen LogP contribution in [-0.2, 0) is 0 Å². The summed E-state index contributed by atoms with van der Waals surface area (Å²) in [5, 5.41) is 6.92. The highest BCUT2D eigenvalue weighted by molar-refractivity contribution is 5.62. The number of para-hydroxylation sites is 2. The molecule has 2 rings (SSSR count). The highest BCUT2D eigenvalue weighted by atomic mass is 14.9. The molecule has 4 heteroatoms. The summed E-state index contributed by atoms with van der Waals surface area (Å²) in [6.45, 7) is 8.78. The van der Waals surface area contributed by atoms with Crippen LogP contribution in [0, 0.1) is 0 Å². The quantitative estimate of drug-likeness (QED) is 0.565. The van der Waals surface area contributed by atoms with Gasteiger partial charge in [0.2, 0.25) is 0 Å². The molecule has 2 unspecified atom stereocenters. The fraction of sp³-hybridized carbons (Fsp3) is 0.400. The van der Waals surface area contributed by atoms with Crippen molar-refractivity contribution in [1.82, 2.24) is 0 Å². The predicted molar refractivity (Wildman–Crippen MR) is 108 cm³/mol. The lowest BCUT2D eigenvalue weighted by Crippen LogP contribution is -2.14. The average molecular weight is 329 g/mol. The Morgan fingerprint density at radius 2 is 1.04 bits per heavy atom. The molecule has 2 aromatic carbocycles. The molecule has 6 N–H and O–H groups in total. The molecule has 2 atom stereocenters. The van der Waals surface area contributed by atoms with E-state index >= 15 is 0 Å². The first kappa shape index (κ1) is 19.7. The van der Waals surface area contributed by atoms with Gasteiger partial charge in [0.1, 0.15) is 0 Å². The van der Waals surface area contributed by atoms with Crippen LogP contribution in [0.3, 0.4) is 0 Å². The Morgan fingerprint density at radius 1 is 0.708 bits per heavy atom. The number of nitrogens with two attached hydrogens (primary N) is 2. The Balaban J connectivity index is 0.000000300. The lowest BCUT2D eigenvalue weighted by atomic mass is 10.2. The van der Waals surface area contributed by atoms with Gasteiger partial charge in [0.05, 0.1) is 11.4 Å². The van der Waals surface area contributed by atoms with Crippen molar-refractivity contribution in [3.63, 3.8) is 0 Å². The molecule has 0 radical (unpaired) electrons. The van der Waals surface area contributed by atoms with Crippen LogP contribution in [0.25, 0.3) is 0 Å². The molecule has 0 fully saturated rings. The van der Waals surface area contributed by atoms with Gasteiger partial charge in [-0.15, -0.1) is 0 Å².